The predicted octanol–water partition coefficient (Wildman–Crippen LogP) is 3.41. The van der Waals surface area contributed by atoms with Crippen LogP contribution in [-0.2, 0) is 17.8 Å². The van der Waals surface area contributed by atoms with E-state index in [1.165, 1.54) is 10.4 Å². The second-order valence-corrected chi connectivity index (χ2v) is 6.64. The number of thiophene rings is 1. The Bertz CT molecular complexity index is 650. The monoisotopic (exact) mass is 300 g/mol. The van der Waals surface area contributed by atoms with Gasteiger partial charge < -0.3 is 10.6 Å². The molecule has 0 aliphatic heterocycles. The van der Waals surface area contributed by atoms with E-state index in [4.69, 9.17) is 5.73 Å². The number of carbonyl (C=O) groups excluding carboxylic acids is 1. The summed E-state index contributed by atoms with van der Waals surface area (Å²) in [6.07, 6.45) is 3.18. The number of carbonyl (C=O) groups is 1. The first-order chi connectivity index (χ1) is 10.2. The fourth-order valence-electron chi connectivity index (χ4n) is 3.02. The summed E-state index contributed by atoms with van der Waals surface area (Å²) in [5.74, 6) is 0.229. The van der Waals surface area contributed by atoms with E-state index in [1.807, 2.05) is 36.2 Å². The number of fused-ring (bicyclic) bond motifs is 1. The first kappa shape index (κ1) is 14.1. The van der Waals surface area contributed by atoms with Gasteiger partial charge in [0.2, 0.25) is 5.91 Å². The molecule has 1 atom stereocenters. The summed E-state index contributed by atoms with van der Waals surface area (Å²) in [6.45, 7) is 0.571. The van der Waals surface area contributed by atoms with Gasteiger partial charge in [-0.05, 0) is 47.9 Å². The Morgan fingerprint density at radius 2 is 2.19 bits per heavy atom. The second kappa shape index (κ2) is 5.90. The van der Waals surface area contributed by atoms with Crippen LogP contribution in [0.1, 0.15) is 34.8 Å². The van der Waals surface area contributed by atoms with Gasteiger partial charge in [0, 0.05) is 24.2 Å². The molecule has 0 saturated heterocycles. The maximum absolute atomic E-state index is 12.8. The quantitative estimate of drug-likeness (QED) is 0.883. The molecule has 1 unspecified atom stereocenters. The highest BCUT2D eigenvalue weighted by molar-refractivity contribution is 7.10. The van der Waals surface area contributed by atoms with E-state index in [0.29, 0.717) is 6.54 Å². The number of aryl methyl sites for hydroxylation is 1. The van der Waals surface area contributed by atoms with Crippen LogP contribution in [0.25, 0.3) is 0 Å². The lowest BCUT2D eigenvalue weighted by atomic mass is 9.87. The number of hydrogen-bond acceptors (Lipinski definition) is 3. The van der Waals surface area contributed by atoms with Crippen LogP contribution in [0.3, 0.4) is 0 Å². The number of nitrogens with two attached hydrogens (primary N) is 1. The Hall–Kier alpha value is -1.81. The van der Waals surface area contributed by atoms with Crippen molar-refractivity contribution in [1.29, 1.82) is 0 Å². The van der Waals surface area contributed by atoms with Crippen molar-refractivity contribution in [3.8, 4) is 0 Å². The largest absolute Gasteiger partial charge is 0.398 e. The summed E-state index contributed by atoms with van der Waals surface area (Å²) in [4.78, 5) is 16.0. The lowest BCUT2D eigenvalue weighted by Crippen LogP contribution is -2.32. The first-order valence-corrected chi connectivity index (χ1v) is 8.19. The number of anilines is 1. The van der Waals surface area contributed by atoms with Crippen LogP contribution < -0.4 is 5.73 Å². The molecule has 0 bridgehead atoms. The minimum Gasteiger partial charge on any atom is -0.398 e. The zero-order valence-corrected chi connectivity index (χ0v) is 13.0. The van der Waals surface area contributed by atoms with Gasteiger partial charge in [0.15, 0.2) is 0 Å². The average Bonchev–Trinajstić information content (AvgIpc) is 2.97. The van der Waals surface area contributed by atoms with Crippen LogP contribution in [0.2, 0.25) is 0 Å². The van der Waals surface area contributed by atoms with E-state index in [1.54, 1.807) is 11.3 Å². The Balaban J connectivity index is 1.76. The fraction of sp³-hybridized carbons (Fsp3) is 0.353. The number of para-hydroxylation sites is 1. The van der Waals surface area contributed by atoms with Gasteiger partial charge in [0.25, 0.3) is 0 Å². The molecule has 1 aromatic heterocycles. The van der Waals surface area contributed by atoms with Gasteiger partial charge in [-0.2, -0.15) is 0 Å². The van der Waals surface area contributed by atoms with Crippen molar-refractivity contribution in [1.82, 2.24) is 4.90 Å². The van der Waals surface area contributed by atoms with Gasteiger partial charge in [-0.1, -0.05) is 18.2 Å². The van der Waals surface area contributed by atoms with Crippen LogP contribution >= 0.6 is 11.3 Å². The lowest BCUT2D eigenvalue weighted by molar-refractivity contribution is -0.132. The lowest BCUT2D eigenvalue weighted by Gasteiger charge is -2.27. The molecule has 1 aromatic carbocycles. The van der Waals surface area contributed by atoms with Crippen molar-refractivity contribution in [2.45, 2.75) is 31.7 Å². The summed E-state index contributed by atoms with van der Waals surface area (Å²) in [5, 5.41) is 2.10. The van der Waals surface area contributed by atoms with Crippen molar-refractivity contribution in [3.63, 3.8) is 0 Å². The molecule has 21 heavy (non-hydrogen) atoms. The van der Waals surface area contributed by atoms with E-state index in [9.17, 15) is 4.79 Å². The molecule has 1 amide bonds. The third-order valence-corrected chi connectivity index (χ3v) is 5.19. The molecule has 3 nitrogen and oxygen atoms in total. The van der Waals surface area contributed by atoms with Crippen molar-refractivity contribution < 1.29 is 4.79 Å². The fourth-order valence-corrected chi connectivity index (χ4v) is 4.01. The van der Waals surface area contributed by atoms with E-state index in [2.05, 4.69) is 11.4 Å². The molecule has 0 saturated carbocycles. The number of hydrogen-bond donors (Lipinski definition) is 1. The molecule has 0 fully saturated rings. The standard InChI is InChI=1S/C17H20N2OS/c1-19(11-12-5-2-3-7-15(12)18)17(20)14-6-4-8-16-13(14)9-10-21-16/h2-3,5,7,9-10,14H,4,6,8,11,18H2,1H3. The maximum Gasteiger partial charge on any atom is 0.230 e. The summed E-state index contributed by atoms with van der Waals surface area (Å²) < 4.78 is 0. The van der Waals surface area contributed by atoms with Crippen LogP contribution in [0.5, 0.6) is 0 Å². The van der Waals surface area contributed by atoms with E-state index in [0.717, 1.165) is 30.5 Å². The van der Waals surface area contributed by atoms with E-state index in [-0.39, 0.29) is 11.8 Å². The van der Waals surface area contributed by atoms with Crippen LogP contribution in [-0.4, -0.2) is 17.9 Å². The first-order valence-electron chi connectivity index (χ1n) is 7.31. The minimum atomic E-state index is 0.0231. The zero-order valence-electron chi connectivity index (χ0n) is 12.2. The second-order valence-electron chi connectivity index (χ2n) is 5.64. The topological polar surface area (TPSA) is 46.3 Å². The molecule has 1 heterocycles. The van der Waals surface area contributed by atoms with Gasteiger partial charge in [0.1, 0.15) is 0 Å². The van der Waals surface area contributed by atoms with Gasteiger partial charge in [-0.25, -0.2) is 0 Å². The molecular weight excluding hydrogens is 280 g/mol. The van der Waals surface area contributed by atoms with Crippen molar-refractivity contribution in [2.75, 3.05) is 12.8 Å². The summed E-state index contributed by atoms with van der Waals surface area (Å²) in [7, 11) is 1.87. The summed E-state index contributed by atoms with van der Waals surface area (Å²) in [6, 6.07) is 9.86. The van der Waals surface area contributed by atoms with E-state index < -0.39 is 0 Å². The average molecular weight is 300 g/mol. The zero-order chi connectivity index (χ0) is 14.8. The molecule has 2 N–H and O–H groups in total. The molecule has 0 spiro atoms. The van der Waals surface area contributed by atoms with E-state index >= 15 is 0 Å². The summed E-state index contributed by atoms with van der Waals surface area (Å²) >= 11 is 1.77. The van der Waals surface area contributed by atoms with Crippen molar-refractivity contribution in [3.05, 3.63) is 51.7 Å². The van der Waals surface area contributed by atoms with Crippen LogP contribution in [0.4, 0.5) is 5.69 Å². The van der Waals surface area contributed by atoms with Gasteiger partial charge in [0.05, 0.1) is 5.92 Å². The molecule has 3 rings (SSSR count). The number of nitrogen functional groups attached to an aromatic ring is 1. The third-order valence-electron chi connectivity index (χ3n) is 4.19. The summed E-state index contributed by atoms with van der Waals surface area (Å²) in [5.41, 5.74) is 8.97. The number of rotatable bonds is 3. The highest BCUT2D eigenvalue weighted by Gasteiger charge is 2.29. The highest BCUT2D eigenvalue weighted by Crippen LogP contribution is 2.36. The number of benzene rings is 1. The maximum atomic E-state index is 12.8. The SMILES string of the molecule is CN(Cc1ccccc1N)C(=O)C1CCCc2sccc21. The smallest absolute Gasteiger partial charge is 0.230 e. The number of likely N-dealkylation sites (N-methyl/N-ethyl adjacent to an activating group) is 1. The Kier molecular flexibility index (Phi) is 3.97. The normalized spacial score (nSPS) is 17.3. The predicted molar refractivity (Wildman–Crippen MR) is 87.3 cm³/mol. The molecule has 1 aliphatic rings. The van der Waals surface area contributed by atoms with Crippen LogP contribution in [0.15, 0.2) is 35.7 Å². The molecule has 110 valence electrons. The van der Waals surface area contributed by atoms with Gasteiger partial charge >= 0.3 is 0 Å². The molecule has 4 heteroatoms. The van der Waals surface area contributed by atoms with Crippen molar-refractivity contribution in [2.24, 2.45) is 0 Å². The molecular formula is C17H20N2OS. The number of nitrogens with zero attached hydrogens (tertiary/aromatic N) is 1. The molecule has 2 aromatic rings. The highest BCUT2D eigenvalue weighted by atomic mass is 32.1. The molecule has 0 radical (unpaired) electrons. The van der Waals surface area contributed by atoms with Gasteiger partial charge in [-0.15, -0.1) is 11.3 Å². The Morgan fingerprint density at radius 1 is 1.38 bits per heavy atom. The Labute approximate surface area is 129 Å². The minimum absolute atomic E-state index is 0.0231. The van der Waals surface area contributed by atoms with Gasteiger partial charge in [-0.3, -0.25) is 4.79 Å². The molecule has 1 aliphatic carbocycles. The third kappa shape index (κ3) is 2.81. The number of amides is 1. The Morgan fingerprint density at radius 3 is 3.00 bits per heavy atom. The van der Waals surface area contributed by atoms with Crippen LogP contribution in [0, 0.1) is 0 Å². The van der Waals surface area contributed by atoms with Crippen molar-refractivity contribution >= 4 is 22.9 Å².